The zero-order valence-corrected chi connectivity index (χ0v) is 30.4. The van der Waals surface area contributed by atoms with Gasteiger partial charge in [0.2, 0.25) is 0 Å². The lowest BCUT2D eigenvalue weighted by Gasteiger charge is -2.16. The highest BCUT2D eigenvalue weighted by atomic mass is 15.0. The number of rotatable bonds is 6. The van der Waals surface area contributed by atoms with E-state index in [0.29, 0.717) is 5.82 Å². The van der Waals surface area contributed by atoms with E-state index in [1.807, 2.05) is 6.07 Å². The molecule has 0 spiro atoms. The van der Waals surface area contributed by atoms with Gasteiger partial charge in [-0.15, -0.1) is 0 Å². The van der Waals surface area contributed by atoms with Crippen LogP contribution in [0.1, 0.15) is 0 Å². The van der Waals surface area contributed by atoms with E-state index >= 15 is 0 Å². The van der Waals surface area contributed by atoms with Gasteiger partial charge in [0.15, 0.2) is 5.82 Å². The molecular weight excluding hydrogens is 681 g/mol. The van der Waals surface area contributed by atoms with Gasteiger partial charge in [-0.3, -0.25) is 0 Å². The van der Waals surface area contributed by atoms with Crippen molar-refractivity contribution in [1.29, 1.82) is 0 Å². The van der Waals surface area contributed by atoms with Gasteiger partial charge >= 0.3 is 0 Å². The molecule has 11 aromatic rings. The standard InChI is InChI=1S/C52H34N4/c1-2-15-35(16-3-1)36-29-31-37(32-30-36)52-53-45(38-17-14-18-39(33-38)55-47-24-9-4-19-40(47)41-20-5-10-25-48(41)55)34-46(54-52)44-23-8-13-28-51(44)56-49-26-11-6-21-42(49)43-22-7-12-27-50(43)56/h1-34H. The van der Waals surface area contributed by atoms with Crippen molar-refractivity contribution in [2.45, 2.75) is 0 Å². The van der Waals surface area contributed by atoms with Gasteiger partial charge in [-0.25, -0.2) is 9.97 Å². The first-order chi connectivity index (χ1) is 27.8. The summed E-state index contributed by atoms with van der Waals surface area (Å²) in [7, 11) is 0. The fourth-order valence-corrected chi connectivity index (χ4v) is 8.38. The van der Waals surface area contributed by atoms with E-state index in [1.165, 1.54) is 38.1 Å². The average Bonchev–Trinajstić information content (AvgIpc) is 3.80. The van der Waals surface area contributed by atoms with Crippen LogP contribution < -0.4 is 0 Å². The number of fused-ring (bicyclic) bond motifs is 6. The van der Waals surface area contributed by atoms with Crippen LogP contribution in [0.5, 0.6) is 0 Å². The zero-order valence-electron chi connectivity index (χ0n) is 30.4. The van der Waals surface area contributed by atoms with Crippen molar-refractivity contribution < 1.29 is 0 Å². The van der Waals surface area contributed by atoms with Crippen molar-refractivity contribution >= 4 is 43.6 Å². The molecule has 3 aromatic heterocycles. The molecule has 8 aromatic carbocycles. The van der Waals surface area contributed by atoms with Crippen LogP contribution in [0.4, 0.5) is 0 Å². The molecule has 0 aliphatic rings. The largest absolute Gasteiger partial charge is 0.309 e. The first-order valence-electron chi connectivity index (χ1n) is 19.0. The quantitative estimate of drug-likeness (QED) is 0.172. The molecule has 0 atom stereocenters. The highest BCUT2D eigenvalue weighted by Crippen LogP contribution is 2.38. The summed E-state index contributed by atoms with van der Waals surface area (Å²) in [6.07, 6.45) is 0. The molecule has 3 heterocycles. The van der Waals surface area contributed by atoms with Gasteiger partial charge in [0.05, 0.1) is 39.1 Å². The number of para-hydroxylation sites is 5. The molecular formula is C52H34N4. The van der Waals surface area contributed by atoms with Gasteiger partial charge in [0, 0.05) is 43.9 Å². The molecule has 0 aliphatic carbocycles. The van der Waals surface area contributed by atoms with E-state index in [4.69, 9.17) is 9.97 Å². The Morgan fingerprint density at radius 1 is 0.304 bits per heavy atom. The number of hydrogen-bond acceptors (Lipinski definition) is 2. The third-order valence-corrected chi connectivity index (χ3v) is 11.0. The van der Waals surface area contributed by atoms with Crippen LogP contribution in [-0.2, 0) is 0 Å². The van der Waals surface area contributed by atoms with Crippen LogP contribution in [0.25, 0.3) is 100 Å². The average molecular weight is 715 g/mol. The maximum atomic E-state index is 5.36. The summed E-state index contributed by atoms with van der Waals surface area (Å²) >= 11 is 0. The van der Waals surface area contributed by atoms with Crippen molar-refractivity contribution in [3.63, 3.8) is 0 Å². The summed E-state index contributed by atoms with van der Waals surface area (Å²) in [5, 5.41) is 4.92. The molecule has 262 valence electrons. The molecule has 4 nitrogen and oxygen atoms in total. The Bertz CT molecular complexity index is 3140. The molecule has 0 saturated heterocycles. The van der Waals surface area contributed by atoms with Crippen molar-refractivity contribution in [2.24, 2.45) is 0 Å². The maximum absolute atomic E-state index is 5.36. The minimum atomic E-state index is 0.677. The Morgan fingerprint density at radius 3 is 1.39 bits per heavy atom. The smallest absolute Gasteiger partial charge is 0.160 e. The van der Waals surface area contributed by atoms with Gasteiger partial charge in [0.1, 0.15) is 0 Å². The lowest BCUT2D eigenvalue weighted by molar-refractivity contribution is 1.15. The summed E-state index contributed by atoms with van der Waals surface area (Å²) in [6, 6.07) is 73.1. The van der Waals surface area contributed by atoms with E-state index < -0.39 is 0 Å². The van der Waals surface area contributed by atoms with Gasteiger partial charge in [-0.05, 0) is 59.7 Å². The molecule has 0 unspecified atom stereocenters. The summed E-state index contributed by atoms with van der Waals surface area (Å²) < 4.78 is 4.73. The van der Waals surface area contributed by atoms with Gasteiger partial charge in [-0.1, -0.05) is 158 Å². The lowest BCUT2D eigenvalue weighted by atomic mass is 10.0. The van der Waals surface area contributed by atoms with Crippen molar-refractivity contribution in [2.75, 3.05) is 0 Å². The van der Waals surface area contributed by atoms with Crippen molar-refractivity contribution in [3.8, 4) is 56.4 Å². The summed E-state index contributed by atoms with van der Waals surface area (Å²) in [5.41, 5.74) is 13.9. The van der Waals surface area contributed by atoms with Crippen molar-refractivity contribution in [1.82, 2.24) is 19.1 Å². The van der Waals surface area contributed by atoms with Crippen molar-refractivity contribution in [3.05, 3.63) is 206 Å². The molecule has 0 amide bonds. The Hall–Kier alpha value is -7.56. The predicted octanol–water partition coefficient (Wildman–Crippen LogP) is 13.3. The maximum Gasteiger partial charge on any atom is 0.160 e. The number of nitrogens with zero attached hydrogens (tertiary/aromatic N) is 4. The van der Waals surface area contributed by atoms with Crippen LogP contribution in [0, 0.1) is 0 Å². The van der Waals surface area contributed by atoms with Gasteiger partial charge in [-0.2, -0.15) is 0 Å². The van der Waals surface area contributed by atoms with Crippen LogP contribution in [0.3, 0.4) is 0 Å². The van der Waals surface area contributed by atoms with Gasteiger partial charge < -0.3 is 9.13 Å². The monoisotopic (exact) mass is 714 g/mol. The lowest BCUT2D eigenvalue weighted by Crippen LogP contribution is -2.01. The molecule has 0 fully saturated rings. The second-order valence-corrected chi connectivity index (χ2v) is 14.2. The molecule has 0 radical (unpaired) electrons. The zero-order chi connectivity index (χ0) is 37.0. The Kier molecular flexibility index (Phi) is 7.46. The fraction of sp³-hybridized carbons (Fsp3) is 0. The minimum Gasteiger partial charge on any atom is -0.309 e. The molecule has 56 heavy (non-hydrogen) atoms. The first-order valence-corrected chi connectivity index (χ1v) is 19.0. The topological polar surface area (TPSA) is 35.6 Å². The molecule has 11 rings (SSSR count). The van der Waals surface area contributed by atoms with E-state index in [-0.39, 0.29) is 0 Å². The van der Waals surface area contributed by atoms with E-state index in [0.717, 1.165) is 56.0 Å². The summed E-state index contributed by atoms with van der Waals surface area (Å²) in [6.45, 7) is 0. The second kappa shape index (κ2) is 13.1. The summed E-state index contributed by atoms with van der Waals surface area (Å²) in [5.74, 6) is 0.677. The number of hydrogen-bond donors (Lipinski definition) is 0. The molecule has 0 saturated carbocycles. The Labute approximate surface area is 324 Å². The van der Waals surface area contributed by atoms with Crippen LogP contribution in [0.15, 0.2) is 206 Å². The molecule has 4 heteroatoms. The predicted molar refractivity (Wildman–Crippen MR) is 232 cm³/mol. The highest BCUT2D eigenvalue weighted by Gasteiger charge is 2.19. The molecule has 0 aliphatic heterocycles. The van der Waals surface area contributed by atoms with Gasteiger partial charge in [0.25, 0.3) is 0 Å². The first kappa shape index (κ1) is 31.9. The van der Waals surface area contributed by atoms with E-state index in [9.17, 15) is 0 Å². The molecule has 0 bridgehead atoms. The number of aromatic nitrogens is 4. The minimum absolute atomic E-state index is 0.677. The molecule has 0 N–H and O–H groups in total. The Balaban J connectivity index is 1.12. The van der Waals surface area contributed by atoms with Crippen LogP contribution in [0.2, 0.25) is 0 Å². The highest BCUT2D eigenvalue weighted by molar-refractivity contribution is 6.10. The number of benzene rings is 8. The third-order valence-electron chi connectivity index (χ3n) is 11.0. The van der Waals surface area contributed by atoms with E-state index in [1.54, 1.807) is 0 Å². The van der Waals surface area contributed by atoms with Crippen LogP contribution >= 0.6 is 0 Å². The second-order valence-electron chi connectivity index (χ2n) is 14.2. The summed E-state index contributed by atoms with van der Waals surface area (Å²) in [4.78, 5) is 10.7. The normalized spacial score (nSPS) is 11.6. The fourth-order valence-electron chi connectivity index (χ4n) is 8.38. The van der Waals surface area contributed by atoms with E-state index in [2.05, 4.69) is 209 Å². The SMILES string of the molecule is c1ccc(-c2ccc(-c3nc(-c4cccc(-n5c6ccccc6c6ccccc65)c4)cc(-c4ccccc4-n4c5ccccc5c5ccccc54)n3)cc2)cc1. The third kappa shape index (κ3) is 5.23. The Morgan fingerprint density at radius 2 is 0.768 bits per heavy atom. The van der Waals surface area contributed by atoms with Crippen LogP contribution in [-0.4, -0.2) is 19.1 Å².